The molecule has 2 aliphatic rings. The maximum atomic E-state index is 13.0. The molecular weight excluding hydrogens is 411 g/mol. The zero-order valence-electron chi connectivity index (χ0n) is 17.9. The number of hydrogen-bond acceptors (Lipinski definition) is 6. The number of nitrogens with one attached hydrogen (secondary N) is 2. The number of alkyl halides is 3. The first-order chi connectivity index (χ1) is 14.5. The molecule has 1 amide bonds. The van der Waals surface area contributed by atoms with Gasteiger partial charge in [0.25, 0.3) is 0 Å². The van der Waals surface area contributed by atoms with E-state index in [9.17, 15) is 18.0 Å². The van der Waals surface area contributed by atoms with Gasteiger partial charge in [-0.3, -0.25) is 4.79 Å². The first-order valence-electron chi connectivity index (χ1n) is 10.3. The average molecular weight is 437 g/mol. The van der Waals surface area contributed by atoms with Crippen molar-refractivity contribution in [1.82, 2.24) is 19.5 Å². The van der Waals surface area contributed by atoms with Crippen molar-refractivity contribution in [2.24, 2.45) is 11.8 Å². The van der Waals surface area contributed by atoms with Crippen LogP contribution in [0.1, 0.15) is 38.1 Å². The molecule has 1 fully saturated rings. The molecule has 1 unspecified atom stereocenters. The molecule has 11 heteroatoms. The van der Waals surface area contributed by atoms with Gasteiger partial charge < -0.3 is 20.1 Å². The highest BCUT2D eigenvalue weighted by atomic mass is 19.4. The van der Waals surface area contributed by atoms with E-state index in [0.29, 0.717) is 23.1 Å². The number of hydrogen-bond donors (Lipinski definition) is 2. The number of nitrogens with zero attached hydrogens (tertiary/aromatic N) is 5. The fourth-order valence-corrected chi connectivity index (χ4v) is 4.44. The number of carbonyl (C=O) groups excluding carboxylic acids is 1. The molecule has 1 aliphatic carbocycles. The SMILES string of the molecule is Cc1nc(NC2CC(Cn3cncc3C(F)(F)F)C2)nc2c1NC(=O)C(C(C)C)N2C. The van der Waals surface area contributed by atoms with Crippen LogP contribution in [-0.2, 0) is 17.5 Å². The molecule has 31 heavy (non-hydrogen) atoms. The topological polar surface area (TPSA) is 88.0 Å². The maximum absolute atomic E-state index is 13.0. The van der Waals surface area contributed by atoms with Crippen LogP contribution < -0.4 is 15.5 Å². The molecule has 0 aromatic carbocycles. The lowest BCUT2D eigenvalue weighted by Crippen LogP contribution is -2.50. The molecule has 2 aromatic heterocycles. The van der Waals surface area contributed by atoms with Gasteiger partial charge in [0, 0.05) is 19.6 Å². The zero-order valence-corrected chi connectivity index (χ0v) is 17.9. The van der Waals surface area contributed by atoms with E-state index >= 15 is 0 Å². The number of fused-ring (bicyclic) bond motifs is 1. The van der Waals surface area contributed by atoms with Crippen molar-refractivity contribution >= 4 is 23.4 Å². The first-order valence-corrected chi connectivity index (χ1v) is 10.3. The molecule has 0 bridgehead atoms. The number of amides is 1. The summed E-state index contributed by atoms with van der Waals surface area (Å²) < 4.78 is 40.2. The number of halogens is 3. The van der Waals surface area contributed by atoms with Crippen LogP contribution in [0.5, 0.6) is 0 Å². The summed E-state index contributed by atoms with van der Waals surface area (Å²) in [6, 6.07) is -0.231. The van der Waals surface area contributed by atoms with Gasteiger partial charge in [-0.1, -0.05) is 13.8 Å². The van der Waals surface area contributed by atoms with Crippen molar-refractivity contribution in [2.45, 2.75) is 58.4 Å². The second-order valence-corrected chi connectivity index (χ2v) is 8.73. The predicted molar refractivity (Wildman–Crippen MR) is 110 cm³/mol. The lowest BCUT2D eigenvalue weighted by atomic mass is 9.80. The number of likely N-dealkylation sites (N-methyl/N-ethyl adjacent to an activating group) is 1. The predicted octanol–water partition coefficient (Wildman–Crippen LogP) is 3.30. The van der Waals surface area contributed by atoms with E-state index in [0.717, 1.165) is 19.0 Å². The molecule has 2 aromatic rings. The van der Waals surface area contributed by atoms with Crippen LogP contribution in [0.15, 0.2) is 12.5 Å². The largest absolute Gasteiger partial charge is 0.432 e. The van der Waals surface area contributed by atoms with Gasteiger partial charge in [0.05, 0.1) is 18.2 Å². The Balaban J connectivity index is 1.42. The highest BCUT2D eigenvalue weighted by Gasteiger charge is 2.38. The molecule has 1 atom stereocenters. The van der Waals surface area contributed by atoms with Gasteiger partial charge in [0.2, 0.25) is 11.9 Å². The maximum Gasteiger partial charge on any atom is 0.432 e. The third-order valence-corrected chi connectivity index (χ3v) is 6.00. The van der Waals surface area contributed by atoms with Gasteiger partial charge in [-0.15, -0.1) is 0 Å². The Morgan fingerprint density at radius 2 is 2.00 bits per heavy atom. The van der Waals surface area contributed by atoms with Crippen molar-refractivity contribution in [1.29, 1.82) is 0 Å². The van der Waals surface area contributed by atoms with E-state index in [-0.39, 0.29) is 36.4 Å². The summed E-state index contributed by atoms with van der Waals surface area (Å²) in [5.41, 5.74) is 0.558. The average Bonchev–Trinajstić information content (AvgIpc) is 3.09. The van der Waals surface area contributed by atoms with Crippen LogP contribution in [-0.4, -0.2) is 44.6 Å². The number of aromatic nitrogens is 4. The second-order valence-electron chi connectivity index (χ2n) is 8.73. The van der Waals surface area contributed by atoms with Gasteiger partial charge in [-0.05, 0) is 31.6 Å². The van der Waals surface area contributed by atoms with Crippen LogP contribution in [0.25, 0.3) is 0 Å². The third kappa shape index (κ3) is 4.05. The Hall–Kier alpha value is -2.85. The van der Waals surface area contributed by atoms with Gasteiger partial charge in [-0.25, -0.2) is 9.97 Å². The molecule has 8 nitrogen and oxygen atoms in total. The monoisotopic (exact) mass is 437 g/mol. The fourth-order valence-electron chi connectivity index (χ4n) is 4.44. The van der Waals surface area contributed by atoms with Gasteiger partial charge in [0.15, 0.2) is 5.82 Å². The van der Waals surface area contributed by atoms with Crippen LogP contribution >= 0.6 is 0 Å². The Labute approximate surface area is 178 Å². The molecule has 0 saturated heterocycles. The van der Waals surface area contributed by atoms with E-state index in [4.69, 9.17) is 0 Å². The molecule has 0 spiro atoms. The summed E-state index contributed by atoms with van der Waals surface area (Å²) in [4.78, 5) is 27.0. The van der Waals surface area contributed by atoms with Gasteiger partial charge in [-0.2, -0.15) is 18.2 Å². The number of anilines is 3. The number of carbonyl (C=O) groups is 1. The highest BCUT2D eigenvalue weighted by Crippen LogP contribution is 2.37. The Morgan fingerprint density at radius 3 is 2.65 bits per heavy atom. The van der Waals surface area contributed by atoms with Crippen LogP contribution in [0, 0.1) is 18.8 Å². The second kappa shape index (κ2) is 7.69. The minimum Gasteiger partial charge on any atom is -0.351 e. The third-order valence-electron chi connectivity index (χ3n) is 6.00. The number of aryl methyl sites for hydroxylation is 1. The minimum atomic E-state index is -4.40. The summed E-state index contributed by atoms with van der Waals surface area (Å²) >= 11 is 0. The molecule has 1 aliphatic heterocycles. The summed E-state index contributed by atoms with van der Waals surface area (Å²) in [5, 5.41) is 6.20. The fraction of sp³-hybridized carbons (Fsp3) is 0.600. The molecule has 4 rings (SSSR count). The Morgan fingerprint density at radius 1 is 1.29 bits per heavy atom. The lowest BCUT2D eigenvalue weighted by Gasteiger charge is -2.38. The molecular formula is C20H26F3N7O. The summed E-state index contributed by atoms with van der Waals surface area (Å²) in [6.45, 7) is 6.06. The minimum absolute atomic E-state index is 0.0722. The standard InChI is InChI=1S/C20H26F3N7O/c1-10(2)16-18(31)27-15-11(3)25-19(28-17(15)29(16)4)26-13-5-12(6-13)8-30-9-24-7-14(30)20(21,22)23/h7,9-10,12-13,16H,5-6,8H2,1-4H3,(H,27,31)(H,25,26,28). The summed E-state index contributed by atoms with van der Waals surface area (Å²) in [7, 11) is 1.85. The van der Waals surface area contributed by atoms with Gasteiger partial charge in [0.1, 0.15) is 17.4 Å². The van der Waals surface area contributed by atoms with E-state index in [1.807, 2.05) is 32.7 Å². The lowest BCUT2D eigenvalue weighted by molar-refractivity contribution is -0.144. The quantitative estimate of drug-likeness (QED) is 0.746. The summed E-state index contributed by atoms with van der Waals surface area (Å²) in [6.07, 6.45) is -0.874. The molecule has 3 heterocycles. The number of rotatable bonds is 5. The zero-order chi connectivity index (χ0) is 22.5. The van der Waals surface area contributed by atoms with E-state index in [1.54, 1.807) is 0 Å². The van der Waals surface area contributed by atoms with Crippen LogP contribution in [0.3, 0.4) is 0 Å². The molecule has 2 N–H and O–H groups in total. The first kappa shape index (κ1) is 21.4. The van der Waals surface area contributed by atoms with Crippen molar-refractivity contribution < 1.29 is 18.0 Å². The Kier molecular flexibility index (Phi) is 5.30. The van der Waals surface area contributed by atoms with Crippen molar-refractivity contribution in [3.63, 3.8) is 0 Å². The van der Waals surface area contributed by atoms with Gasteiger partial charge >= 0.3 is 6.18 Å². The van der Waals surface area contributed by atoms with Crippen LogP contribution in [0.2, 0.25) is 0 Å². The molecule has 168 valence electrons. The van der Waals surface area contributed by atoms with E-state index < -0.39 is 11.9 Å². The number of imidazole rings is 1. The van der Waals surface area contributed by atoms with Crippen LogP contribution in [0.4, 0.5) is 30.6 Å². The van der Waals surface area contributed by atoms with Crippen molar-refractivity contribution in [3.05, 3.63) is 23.9 Å². The van der Waals surface area contributed by atoms with E-state index in [2.05, 4.69) is 25.6 Å². The van der Waals surface area contributed by atoms with E-state index in [1.165, 1.54) is 10.9 Å². The molecule has 0 radical (unpaired) electrons. The smallest absolute Gasteiger partial charge is 0.351 e. The Bertz CT molecular complexity index is 982. The van der Waals surface area contributed by atoms with Crippen molar-refractivity contribution in [3.8, 4) is 0 Å². The summed E-state index contributed by atoms with van der Waals surface area (Å²) in [5.74, 6) is 1.29. The normalized spacial score (nSPS) is 23.4. The van der Waals surface area contributed by atoms with Crippen molar-refractivity contribution in [2.75, 3.05) is 22.6 Å². The highest BCUT2D eigenvalue weighted by molar-refractivity contribution is 6.03. The molecule has 1 saturated carbocycles.